The van der Waals surface area contributed by atoms with E-state index in [-0.39, 0.29) is 6.92 Å². The third-order valence-corrected chi connectivity index (χ3v) is 3.08. The molecule has 136 valence electrons. The predicted octanol–water partition coefficient (Wildman–Crippen LogP) is 6.11. The topological polar surface area (TPSA) is 0 Å². The second-order valence-electron chi connectivity index (χ2n) is 4.59. The third kappa shape index (κ3) is 3.94. The van der Waals surface area contributed by atoms with Gasteiger partial charge in [0.1, 0.15) is 0 Å². The molecule has 0 rings (SSSR count). The van der Waals surface area contributed by atoms with Crippen molar-refractivity contribution in [2.75, 3.05) is 0 Å². The predicted molar refractivity (Wildman–Crippen MR) is 54.2 cm³/mol. The first-order valence-corrected chi connectivity index (χ1v) is 5.37. The van der Waals surface area contributed by atoms with Gasteiger partial charge in [0.05, 0.1) is 5.57 Å². The van der Waals surface area contributed by atoms with Crippen LogP contribution in [0.25, 0.3) is 0 Å². The molecule has 0 aliphatic rings. The van der Waals surface area contributed by atoms with Gasteiger partial charge in [0.25, 0.3) is 0 Å². The van der Waals surface area contributed by atoms with Crippen LogP contribution in [0, 0.1) is 5.41 Å². The zero-order valence-corrected chi connectivity index (χ0v) is 11.2. The molecular formula is C11H8F12. The van der Waals surface area contributed by atoms with Crippen molar-refractivity contribution >= 4 is 0 Å². The Balaban J connectivity index is 7.01. The molecule has 0 aliphatic carbocycles. The molecule has 0 radical (unpaired) electrons. The van der Waals surface area contributed by atoms with Crippen LogP contribution in [0.15, 0.2) is 23.3 Å². The Morgan fingerprint density at radius 3 is 1.13 bits per heavy atom. The first-order valence-electron chi connectivity index (χ1n) is 5.37. The minimum atomic E-state index is -6.48. The van der Waals surface area contributed by atoms with Crippen LogP contribution >= 0.6 is 0 Å². The largest absolute Gasteiger partial charge is 0.416 e. The molecule has 0 fully saturated rings. The average molecular weight is 368 g/mol. The van der Waals surface area contributed by atoms with Gasteiger partial charge in [-0.3, -0.25) is 0 Å². The van der Waals surface area contributed by atoms with Crippen molar-refractivity contribution in [2.45, 2.75) is 38.6 Å². The van der Waals surface area contributed by atoms with Crippen LogP contribution in [0.4, 0.5) is 52.7 Å². The van der Waals surface area contributed by atoms with E-state index < -0.39 is 53.8 Å². The van der Waals surface area contributed by atoms with Crippen molar-refractivity contribution in [2.24, 2.45) is 5.41 Å². The monoisotopic (exact) mass is 368 g/mol. The lowest BCUT2D eigenvalue weighted by atomic mass is 9.74. The van der Waals surface area contributed by atoms with Gasteiger partial charge in [0.2, 0.25) is 0 Å². The molecule has 0 atom stereocenters. The van der Waals surface area contributed by atoms with Gasteiger partial charge in [-0.25, -0.2) is 0 Å². The fourth-order valence-electron chi connectivity index (χ4n) is 1.63. The number of alkyl halides is 12. The lowest BCUT2D eigenvalue weighted by Crippen LogP contribution is -2.51. The van der Waals surface area contributed by atoms with Crippen molar-refractivity contribution in [1.82, 2.24) is 0 Å². The fourth-order valence-corrected chi connectivity index (χ4v) is 1.63. The average Bonchev–Trinajstić information content (AvgIpc) is 2.22. The van der Waals surface area contributed by atoms with E-state index in [0.29, 0.717) is 0 Å². The van der Waals surface area contributed by atoms with Gasteiger partial charge in [-0.05, 0) is 19.4 Å². The number of allylic oxidation sites excluding steroid dienone is 3. The first kappa shape index (κ1) is 21.6. The van der Waals surface area contributed by atoms with Gasteiger partial charge in [-0.15, -0.1) is 0 Å². The van der Waals surface area contributed by atoms with E-state index in [0.717, 1.165) is 0 Å². The van der Waals surface area contributed by atoms with Crippen LogP contribution in [-0.2, 0) is 0 Å². The molecule has 0 aromatic carbocycles. The lowest BCUT2D eigenvalue weighted by Gasteiger charge is -2.38. The van der Waals surface area contributed by atoms with Gasteiger partial charge in [-0.2, -0.15) is 52.7 Å². The summed E-state index contributed by atoms with van der Waals surface area (Å²) in [4.78, 5) is 0. The Labute approximate surface area is 121 Å². The van der Waals surface area contributed by atoms with E-state index in [1.165, 1.54) is 0 Å². The molecule has 0 unspecified atom stereocenters. The van der Waals surface area contributed by atoms with Crippen molar-refractivity contribution in [3.8, 4) is 0 Å². The smallest absolute Gasteiger partial charge is 0.170 e. The van der Waals surface area contributed by atoms with Crippen LogP contribution < -0.4 is 0 Å². The zero-order valence-electron chi connectivity index (χ0n) is 11.2. The minimum absolute atomic E-state index is 0.304. The lowest BCUT2D eigenvalue weighted by molar-refractivity contribution is -0.319. The highest BCUT2D eigenvalue weighted by Crippen LogP contribution is 2.59. The SMILES string of the molecule is C=C(/C(=C(/C)C(F)(F)F)C(C)(C(F)(F)F)C(F)(F)F)C(F)(F)F. The molecule has 0 amide bonds. The van der Waals surface area contributed by atoms with Gasteiger partial charge in [0.15, 0.2) is 5.41 Å². The molecule has 0 aromatic heterocycles. The molecule has 0 heterocycles. The second-order valence-corrected chi connectivity index (χ2v) is 4.59. The molecule has 0 aliphatic heterocycles. The Morgan fingerprint density at radius 2 is 0.957 bits per heavy atom. The maximum Gasteiger partial charge on any atom is 0.416 e. The molecular weight excluding hydrogens is 360 g/mol. The van der Waals surface area contributed by atoms with Gasteiger partial charge in [0, 0.05) is 5.57 Å². The third-order valence-electron chi connectivity index (χ3n) is 3.08. The molecule has 0 N–H and O–H groups in total. The first-order chi connectivity index (χ1) is 9.69. The Hall–Kier alpha value is -1.36. The summed E-state index contributed by atoms with van der Waals surface area (Å²) >= 11 is 0. The van der Waals surface area contributed by atoms with Crippen LogP contribution in [-0.4, -0.2) is 24.7 Å². The van der Waals surface area contributed by atoms with Crippen molar-refractivity contribution in [1.29, 1.82) is 0 Å². The number of hydrogen-bond acceptors (Lipinski definition) is 0. The van der Waals surface area contributed by atoms with Gasteiger partial charge < -0.3 is 0 Å². The van der Waals surface area contributed by atoms with Crippen LogP contribution in [0.3, 0.4) is 0 Å². The normalized spacial score (nSPS) is 16.3. The number of rotatable bonds is 2. The van der Waals surface area contributed by atoms with Crippen molar-refractivity contribution in [3.63, 3.8) is 0 Å². The summed E-state index contributed by atoms with van der Waals surface area (Å²) in [7, 11) is 0. The molecule has 0 bridgehead atoms. The summed E-state index contributed by atoms with van der Waals surface area (Å²) in [5.74, 6) is 0. The Bertz CT molecular complexity index is 479. The summed E-state index contributed by atoms with van der Waals surface area (Å²) in [6.07, 6.45) is -24.8. The summed E-state index contributed by atoms with van der Waals surface area (Å²) in [5, 5.41) is 0. The van der Waals surface area contributed by atoms with Crippen LogP contribution in [0.5, 0.6) is 0 Å². The van der Waals surface area contributed by atoms with E-state index in [2.05, 4.69) is 0 Å². The zero-order chi connectivity index (χ0) is 19.2. The molecule has 0 nitrogen and oxygen atoms in total. The van der Waals surface area contributed by atoms with Gasteiger partial charge >= 0.3 is 24.7 Å². The van der Waals surface area contributed by atoms with E-state index in [1.54, 1.807) is 0 Å². The second kappa shape index (κ2) is 5.62. The summed E-state index contributed by atoms with van der Waals surface area (Å²) in [6, 6.07) is 0. The molecule has 0 saturated heterocycles. The number of halogens is 12. The molecule has 0 spiro atoms. The maximum atomic E-state index is 12.8. The molecule has 0 aromatic rings. The van der Waals surface area contributed by atoms with Crippen LogP contribution in [0.1, 0.15) is 13.8 Å². The summed E-state index contributed by atoms with van der Waals surface area (Å²) in [5.41, 5.74) is -14.0. The molecule has 23 heavy (non-hydrogen) atoms. The number of hydrogen-bond donors (Lipinski definition) is 0. The standard InChI is InChI=1S/C11H8F12/c1-4(8(12,13)14)6(5(2)9(15,16)17)7(3,10(18,19)20)11(21,22)23/h1H2,2-3H3/b6-5+. The fraction of sp³-hybridized carbons (Fsp3) is 0.636. The molecule has 12 heteroatoms. The maximum absolute atomic E-state index is 12.8. The highest BCUT2D eigenvalue weighted by atomic mass is 19.4. The van der Waals surface area contributed by atoms with E-state index in [4.69, 9.17) is 0 Å². The van der Waals surface area contributed by atoms with Crippen molar-refractivity contribution < 1.29 is 52.7 Å². The Kier molecular flexibility index (Phi) is 5.29. The minimum Gasteiger partial charge on any atom is -0.170 e. The van der Waals surface area contributed by atoms with E-state index >= 15 is 0 Å². The summed E-state index contributed by atoms with van der Waals surface area (Å²) in [6.45, 7) is 0.870. The van der Waals surface area contributed by atoms with Gasteiger partial charge in [-0.1, -0.05) is 6.58 Å². The van der Waals surface area contributed by atoms with Crippen LogP contribution in [0.2, 0.25) is 0 Å². The highest BCUT2D eigenvalue weighted by Gasteiger charge is 2.72. The van der Waals surface area contributed by atoms with Crippen molar-refractivity contribution in [3.05, 3.63) is 23.3 Å². The van der Waals surface area contributed by atoms with E-state index in [1.807, 2.05) is 6.58 Å². The summed E-state index contributed by atoms with van der Waals surface area (Å²) < 4.78 is 152. The Morgan fingerprint density at radius 1 is 0.652 bits per heavy atom. The highest BCUT2D eigenvalue weighted by molar-refractivity contribution is 5.44. The quantitative estimate of drug-likeness (QED) is 0.407. The molecule has 0 saturated carbocycles. The van der Waals surface area contributed by atoms with E-state index in [9.17, 15) is 52.7 Å².